The zero-order valence-electron chi connectivity index (χ0n) is 13.9. The van der Waals surface area contributed by atoms with Crippen molar-refractivity contribution in [1.82, 2.24) is 15.1 Å². The molecule has 0 amide bonds. The van der Waals surface area contributed by atoms with E-state index in [-0.39, 0.29) is 0 Å². The van der Waals surface area contributed by atoms with E-state index in [9.17, 15) is 0 Å². The maximum atomic E-state index is 5.70. The Labute approximate surface area is 129 Å². The van der Waals surface area contributed by atoms with Crippen LogP contribution >= 0.6 is 0 Å². The number of furan rings is 1. The van der Waals surface area contributed by atoms with Gasteiger partial charge in [-0.2, -0.15) is 0 Å². The molecule has 1 aliphatic heterocycles. The van der Waals surface area contributed by atoms with E-state index in [1.54, 1.807) is 0 Å². The number of nitrogens with one attached hydrogen (secondary N) is 1. The van der Waals surface area contributed by atoms with Crippen molar-refractivity contribution in [3.05, 3.63) is 23.7 Å². The average molecular weight is 293 g/mol. The van der Waals surface area contributed by atoms with Crippen molar-refractivity contribution in [3.63, 3.8) is 0 Å². The van der Waals surface area contributed by atoms with E-state index < -0.39 is 0 Å². The number of rotatable bonds is 8. The van der Waals surface area contributed by atoms with Crippen LogP contribution in [0.15, 0.2) is 16.7 Å². The van der Waals surface area contributed by atoms with Crippen molar-refractivity contribution >= 4 is 0 Å². The Kier molecular flexibility index (Phi) is 6.74. The predicted molar refractivity (Wildman–Crippen MR) is 87.3 cm³/mol. The molecule has 4 heteroatoms. The van der Waals surface area contributed by atoms with Gasteiger partial charge in [0.25, 0.3) is 0 Å². The third kappa shape index (κ3) is 5.46. The molecular weight excluding hydrogens is 262 g/mol. The summed E-state index contributed by atoms with van der Waals surface area (Å²) in [6.07, 6.45) is 5.62. The van der Waals surface area contributed by atoms with Crippen LogP contribution in [0.5, 0.6) is 0 Å². The SMILES string of the molecule is CCCNCc1ccoc1CN1CCC(CN(C)C)CC1. The van der Waals surface area contributed by atoms with Crippen LogP contribution in [0.2, 0.25) is 0 Å². The maximum absolute atomic E-state index is 5.70. The second-order valence-electron chi connectivity index (χ2n) is 6.53. The van der Waals surface area contributed by atoms with Gasteiger partial charge >= 0.3 is 0 Å². The third-order valence-corrected chi connectivity index (χ3v) is 4.28. The van der Waals surface area contributed by atoms with Crippen molar-refractivity contribution in [2.24, 2.45) is 5.92 Å². The molecule has 0 spiro atoms. The highest BCUT2D eigenvalue weighted by Gasteiger charge is 2.21. The highest BCUT2D eigenvalue weighted by Crippen LogP contribution is 2.21. The van der Waals surface area contributed by atoms with E-state index in [2.05, 4.69) is 42.2 Å². The average Bonchev–Trinajstić information content (AvgIpc) is 2.88. The topological polar surface area (TPSA) is 31.7 Å². The van der Waals surface area contributed by atoms with E-state index in [4.69, 9.17) is 4.42 Å². The fourth-order valence-electron chi connectivity index (χ4n) is 3.11. The zero-order valence-corrected chi connectivity index (χ0v) is 13.9. The van der Waals surface area contributed by atoms with Crippen molar-refractivity contribution in [2.45, 2.75) is 39.3 Å². The summed E-state index contributed by atoms with van der Waals surface area (Å²) in [5.74, 6) is 2.00. The minimum absolute atomic E-state index is 0.860. The highest BCUT2D eigenvalue weighted by atomic mass is 16.3. The van der Waals surface area contributed by atoms with Gasteiger partial charge in [0.05, 0.1) is 12.8 Å². The van der Waals surface area contributed by atoms with E-state index >= 15 is 0 Å². The molecule has 2 rings (SSSR count). The predicted octanol–water partition coefficient (Wildman–Crippen LogP) is 2.55. The number of hydrogen-bond donors (Lipinski definition) is 1. The lowest BCUT2D eigenvalue weighted by molar-refractivity contribution is 0.148. The van der Waals surface area contributed by atoms with Crippen LogP contribution in [-0.2, 0) is 13.1 Å². The molecule has 1 aromatic rings. The van der Waals surface area contributed by atoms with Gasteiger partial charge < -0.3 is 14.6 Å². The monoisotopic (exact) mass is 293 g/mol. The fourth-order valence-corrected chi connectivity index (χ4v) is 3.11. The van der Waals surface area contributed by atoms with Gasteiger partial charge in [0.15, 0.2) is 0 Å². The lowest BCUT2D eigenvalue weighted by atomic mass is 9.96. The van der Waals surface area contributed by atoms with Gasteiger partial charge in [0.2, 0.25) is 0 Å². The third-order valence-electron chi connectivity index (χ3n) is 4.28. The molecule has 1 aliphatic rings. The number of nitrogens with zero attached hydrogens (tertiary/aromatic N) is 2. The number of piperidine rings is 1. The lowest BCUT2D eigenvalue weighted by Gasteiger charge is -2.32. The first-order chi connectivity index (χ1) is 10.2. The smallest absolute Gasteiger partial charge is 0.122 e. The van der Waals surface area contributed by atoms with Crippen LogP contribution in [-0.4, -0.2) is 50.1 Å². The molecular formula is C17H31N3O. The normalized spacial score (nSPS) is 17.7. The van der Waals surface area contributed by atoms with Crippen LogP contribution in [0.3, 0.4) is 0 Å². The summed E-state index contributed by atoms with van der Waals surface area (Å²) in [5, 5.41) is 3.46. The summed E-state index contributed by atoms with van der Waals surface area (Å²) in [6, 6.07) is 2.11. The Morgan fingerprint density at radius 1 is 1.33 bits per heavy atom. The van der Waals surface area contributed by atoms with Crippen LogP contribution < -0.4 is 5.32 Å². The summed E-state index contributed by atoms with van der Waals surface area (Å²) in [7, 11) is 4.34. The van der Waals surface area contributed by atoms with Crippen molar-refractivity contribution < 1.29 is 4.42 Å². The summed E-state index contributed by atoms with van der Waals surface area (Å²) in [4.78, 5) is 4.85. The summed E-state index contributed by atoms with van der Waals surface area (Å²) >= 11 is 0. The molecule has 1 fully saturated rings. The Bertz CT molecular complexity index is 394. The first-order valence-corrected chi connectivity index (χ1v) is 8.32. The van der Waals surface area contributed by atoms with E-state index in [0.29, 0.717) is 0 Å². The number of hydrogen-bond acceptors (Lipinski definition) is 4. The second kappa shape index (κ2) is 8.57. The van der Waals surface area contributed by atoms with Gasteiger partial charge in [0, 0.05) is 18.7 Å². The summed E-state index contributed by atoms with van der Waals surface area (Å²) in [5.41, 5.74) is 1.32. The van der Waals surface area contributed by atoms with Crippen molar-refractivity contribution in [2.75, 3.05) is 40.3 Å². The van der Waals surface area contributed by atoms with Gasteiger partial charge in [-0.25, -0.2) is 0 Å². The molecule has 1 saturated heterocycles. The molecule has 4 nitrogen and oxygen atoms in total. The van der Waals surface area contributed by atoms with Crippen LogP contribution in [0.4, 0.5) is 0 Å². The molecule has 0 radical (unpaired) electrons. The molecule has 1 N–H and O–H groups in total. The molecule has 0 bridgehead atoms. The standard InChI is InChI=1S/C17H31N3O/c1-4-8-18-12-16-7-11-21-17(16)14-20-9-5-15(6-10-20)13-19(2)3/h7,11,15,18H,4-6,8-10,12-14H2,1-3H3. The van der Waals surface area contributed by atoms with Gasteiger partial charge in [-0.15, -0.1) is 0 Å². The van der Waals surface area contributed by atoms with Gasteiger partial charge in [-0.05, 0) is 65.0 Å². The Morgan fingerprint density at radius 2 is 2.10 bits per heavy atom. The zero-order chi connectivity index (χ0) is 15.1. The highest BCUT2D eigenvalue weighted by molar-refractivity contribution is 5.16. The molecule has 0 aromatic carbocycles. The van der Waals surface area contributed by atoms with E-state index in [1.807, 2.05) is 6.26 Å². The maximum Gasteiger partial charge on any atom is 0.122 e. The first-order valence-electron chi connectivity index (χ1n) is 8.32. The quantitative estimate of drug-likeness (QED) is 0.747. The van der Waals surface area contributed by atoms with E-state index in [1.165, 1.54) is 44.5 Å². The molecule has 0 aliphatic carbocycles. The van der Waals surface area contributed by atoms with Crippen LogP contribution in [0.25, 0.3) is 0 Å². The molecule has 0 atom stereocenters. The van der Waals surface area contributed by atoms with Gasteiger partial charge in [-0.1, -0.05) is 6.92 Å². The Morgan fingerprint density at radius 3 is 2.76 bits per heavy atom. The molecule has 21 heavy (non-hydrogen) atoms. The largest absolute Gasteiger partial charge is 0.468 e. The summed E-state index contributed by atoms with van der Waals surface area (Å²) < 4.78 is 5.70. The van der Waals surface area contributed by atoms with Gasteiger partial charge in [0.1, 0.15) is 5.76 Å². The number of likely N-dealkylation sites (tertiary alicyclic amines) is 1. The second-order valence-corrected chi connectivity index (χ2v) is 6.53. The summed E-state index contributed by atoms with van der Waals surface area (Å²) in [6.45, 7) is 8.77. The van der Waals surface area contributed by atoms with Crippen molar-refractivity contribution in [3.8, 4) is 0 Å². The Hall–Kier alpha value is -0.840. The van der Waals surface area contributed by atoms with Crippen molar-refractivity contribution in [1.29, 1.82) is 0 Å². The first kappa shape index (κ1) is 16.5. The molecule has 0 saturated carbocycles. The lowest BCUT2D eigenvalue weighted by Crippen LogP contribution is -2.36. The van der Waals surface area contributed by atoms with E-state index in [0.717, 1.165) is 31.3 Å². The van der Waals surface area contributed by atoms with Crippen LogP contribution in [0.1, 0.15) is 37.5 Å². The molecule has 1 aromatic heterocycles. The van der Waals surface area contributed by atoms with Crippen LogP contribution in [0, 0.1) is 5.92 Å². The minimum atomic E-state index is 0.860. The Balaban J connectivity index is 1.77. The van der Waals surface area contributed by atoms with Gasteiger partial charge in [-0.3, -0.25) is 4.90 Å². The fraction of sp³-hybridized carbons (Fsp3) is 0.765. The molecule has 120 valence electrons. The molecule has 0 unspecified atom stereocenters. The molecule has 2 heterocycles. The minimum Gasteiger partial charge on any atom is -0.468 e.